The number of nitrogens with one attached hydrogen (secondary N) is 2. The molecule has 492 valence electrons. The standard InChI is InChI=1S/C88H56N4O8.2HI/c1-83(2,3)99-81(93)89-9-13-95-17-19-97-15-11-91(7)21-85-73-57-41-29-27-25-26-28-30-32-37-47-35(28)45(33(25)41)61(73)63(47)75-65-49(37)40-44(32)60-58-42(30)34(26)46-36(27)48-38-31(29)43-39-50(38)66-70-54-51(39)67(77(85)59(43)57)71-55(54)56-53(69(65)79(71)87(75,85)23-91)52(40)68-72(56)80(70)88-24-92(8,22-86(88,78(60)68)74(58)62(46)64(48)76(66)88)12-16-98-20-18-96-14-10-90-82(94)100-84(4,5)6;;/h9-24H2,1-8H3;2*1H. The molecule has 14 heteroatoms. The number of alkyl carbamates (subject to hydrolysis) is 2. The number of hydrogen-bond acceptors (Lipinski definition) is 8. The van der Waals surface area contributed by atoms with Gasteiger partial charge in [-0.1, -0.05) is 0 Å². The van der Waals surface area contributed by atoms with E-state index in [0.717, 1.165) is 48.2 Å². The highest BCUT2D eigenvalue weighted by Crippen LogP contribution is 2.88. The van der Waals surface area contributed by atoms with Crippen LogP contribution in [0, 0.1) is 0 Å². The molecule has 2 aliphatic heterocycles. The number of rotatable bonds is 18. The zero-order valence-electron chi connectivity index (χ0n) is 57.2. The van der Waals surface area contributed by atoms with E-state index in [0.29, 0.717) is 65.9 Å². The highest BCUT2D eigenvalue weighted by atomic mass is 127. The lowest BCUT2D eigenvalue weighted by Crippen LogP contribution is -3.00. The van der Waals surface area contributed by atoms with Crippen LogP contribution in [-0.2, 0) is 50.1 Å². The van der Waals surface area contributed by atoms with Crippen LogP contribution < -0.4 is 58.6 Å². The molecule has 12 nitrogen and oxygen atoms in total. The minimum Gasteiger partial charge on any atom is -1.00 e. The Labute approximate surface area is 609 Å². The second kappa shape index (κ2) is 14.1. The van der Waals surface area contributed by atoms with Gasteiger partial charge in [0.15, 0.2) is 0 Å². The summed E-state index contributed by atoms with van der Waals surface area (Å²) in [5, 5.41) is 85.1. The van der Waals surface area contributed by atoms with Crippen LogP contribution >= 0.6 is 0 Å². The maximum Gasteiger partial charge on any atom is 0.407 e. The van der Waals surface area contributed by atoms with E-state index in [1.54, 1.807) is 303 Å². The zero-order valence-corrected chi connectivity index (χ0v) is 61.5. The van der Waals surface area contributed by atoms with Crippen LogP contribution in [0.5, 0.6) is 0 Å². The monoisotopic (exact) mass is 1550 g/mol. The number of nitrogens with zero attached hydrogens (tertiary/aromatic N) is 2. The van der Waals surface area contributed by atoms with Crippen molar-refractivity contribution in [3.8, 4) is 0 Å². The van der Waals surface area contributed by atoms with E-state index in [1.807, 2.05) is 41.5 Å². The summed E-state index contributed by atoms with van der Waals surface area (Å²) in [5.74, 6) is 0. The van der Waals surface area contributed by atoms with Crippen molar-refractivity contribution >= 4 is 271 Å². The normalized spacial score (nSPS) is 25.9. The van der Waals surface area contributed by atoms with Gasteiger partial charge in [-0.3, -0.25) is 0 Å². The number of halogens is 2. The van der Waals surface area contributed by atoms with Crippen molar-refractivity contribution in [2.45, 2.75) is 74.4 Å². The Morgan fingerprint density at radius 3 is 0.598 bits per heavy atom. The van der Waals surface area contributed by atoms with Gasteiger partial charge in [0.1, 0.15) is 24.3 Å². The summed E-state index contributed by atoms with van der Waals surface area (Å²) in [5.41, 5.74) is 11.7. The molecule has 102 heavy (non-hydrogen) atoms. The Balaban J connectivity index is 0.00000272. The van der Waals surface area contributed by atoms with Gasteiger partial charge in [-0.2, -0.15) is 0 Å². The molecule has 0 radical (unpaired) electrons. The molecule has 6 atom stereocenters. The smallest absolute Gasteiger partial charge is 0.407 e. The fourth-order valence-corrected chi connectivity index (χ4v) is 30.8. The highest BCUT2D eigenvalue weighted by Gasteiger charge is 2.80. The molecule has 2 saturated heterocycles. The van der Waals surface area contributed by atoms with E-state index < -0.39 is 23.4 Å². The van der Waals surface area contributed by atoms with Crippen LogP contribution in [0.15, 0.2) is 0 Å². The number of amides is 2. The minimum atomic E-state index is -0.547. The molecule has 0 saturated carbocycles. The Morgan fingerprint density at radius 1 is 0.275 bits per heavy atom. The van der Waals surface area contributed by atoms with Gasteiger partial charge in [0.25, 0.3) is 0 Å². The number of ether oxygens (including phenoxy) is 6. The molecule has 24 aromatic carbocycles. The molecule has 2 heterocycles. The van der Waals surface area contributed by atoms with E-state index in [2.05, 4.69) is 24.7 Å². The van der Waals surface area contributed by atoms with E-state index in [-0.39, 0.29) is 69.6 Å². The Morgan fingerprint density at radius 2 is 0.431 bits per heavy atom. The predicted octanol–water partition coefficient (Wildman–Crippen LogP) is 10.9. The van der Waals surface area contributed by atoms with E-state index >= 15 is 0 Å². The Bertz CT molecular complexity index is 7750. The Hall–Kier alpha value is -7.52. The zero-order chi connectivity index (χ0) is 64.5. The van der Waals surface area contributed by atoms with Gasteiger partial charge in [-0.05, 0) is 345 Å². The number of carbonyl (C=O) groups excluding carboxylic acids is 2. The number of hydrogen-bond donors (Lipinski definition) is 2. The van der Waals surface area contributed by atoms with E-state index in [1.165, 1.54) is 0 Å². The molecule has 6 unspecified atom stereocenters. The molecule has 4 spiro atoms. The fraction of sp³-hybridized carbons (Fsp3) is 0.341. The minimum absolute atomic E-state index is 0. The molecule has 24 aromatic rings. The summed E-state index contributed by atoms with van der Waals surface area (Å²) in [7, 11) is 5.33. The van der Waals surface area contributed by atoms with Crippen molar-refractivity contribution in [1.82, 2.24) is 10.6 Å². The lowest BCUT2D eigenvalue weighted by atomic mass is 9.50. The highest BCUT2D eigenvalue weighted by molar-refractivity contribution is 6.77. The number of likely N-dealkylation sites (N-methyl/N-ethyl adjacent to an activating group) is 2. The topological polar surface area (TPSA) is 114 Å². The number of likely N-dealkylation sites (tertiary alicyclic amines) is 2. The van der Waals surface area contributed by atoms with Crippen molar-refractivity contribution in [3.05, 3.63) is 44.5 Å². The molecular weight excluding hydrogens is 1490 g/mol. The van der Waals surface area contributed by atoms with Crippen LogP contribution in [0.25, 0.3) is 259 Å². The van der Waals surface area contributed by atoms with Crippen LogP contribution in [0.4, 0.5) is 9.59 Å². The first-order chi connectivity index (χ1) is 48.5. The summed E-state index contributed by atoms with van der Waals surface area (Å²) in [6.07, 6.45) is -0.827. The summed E-state index contributed by atoms with van der Waals surface area (Å²) in [6.45, 7) is 22.3. The van der Waals surface area contributed by atoms with Crippen molar-refractivity contribution in [3.63, 3.8) is 0 Å². The first kappa shape index (κ1) is 53.3. The van der Waals surface area contributed by atoms with Gasteiger partial charge < -0.3 is 96.0 Å². The molecular formula is C88H58I2N4O8. The SMILES string of the molecule is CC(C)(C)OC(=O)NCCOCCOCC[N+]1(C)CC23c4c5c6c7c8c9c(c%10c%11c2c2c4c4c%12c%13c%14c%15c%16c%17c%18c%19c%20c%21c%22c(c%13c4c4c2c2c%11c%11c%10c%10c9c9c%13c8c(c6c%15c5%12)c%16c%13c%18c5c%19c6c%21c(c2c%224)c%11c6c%10c59)C%202C[N+](C)(CCOCCOCCNC(=O)OC(C)(C)C)CC%14%172)C73C1.[I-].[I-]. The molecule has 8 aliphatic carbocycles. The first-order valence-corrected chi connectivity index (χ1v) is 37.4. The molecule has 0 aromatic heterocycles. The average Bonchev–Trinajstić information content (AvgIpc) is 1.37. The number of benzene rings is 16. The van der Waals surface area contributed by atoms with Crippen molar-refractivity contribution in [1.29, 1.82) is 0 Å². The molecule has 2 N–H and O–H groups in total. The van der Waals surface area contributed by atoms with Gasteiger partial charge in [0, 0.05) is 13.1 Å². The fourth-order valence-electron chi connectivity index (χ4n) is 30.8. The summed E-state index contributed by atoms with van der Waals surface area (Å²) < 4.78 is 38.7. The molecule has 2 amide bonds. The third-order valence-corrected chi connectivity index (χ3v) is 31.5. The van der Waals surface area contributed by atoms with Crippen LogP contribution in [0.1, 0.15) is 86.1 Å². The summed E-state index contributed by atoms with van der Waals surface area (Å²) in [6, 6.07) is 0. The second-order valence-corrected chi connectivity index (χ2v) is 37.2. The summed E-state index contributed by atoms with van der Waals surface area (Å²) >= 11 is 0. The van der Waals surface area contributed by atoms with Gasteiger partial charge in [0.2, 0.25) is 0 Å². The Kier molecular flexibility index (Phi) is 7.34. The first-order valence-electron chi connectivity index (χ1n) is 37.4. The van der Waals surface area contributed by atoms with Crippen molar-refractivity contribution < 1.29 is 94.9 Å². The predicted molar refractivity (Wildman–Crippen MR) is 400 cm³/mol. The number of carbonyl (C=O) groups is 2. The van der Waals surface area contributed by atoms with Gasteiger partial charge in [-0.15, -0.1) is 0 Å². The van der Waals surface area contributed by atoms with Crippen molar-refractivity contribution in [2.24, 2.45) is 0 Å². The molecule has 0 bridgehead atoms. The van der Waals surface area contributed by atoms with Gasteiger partial charge in [-0.25, -0.2) is 9.59 Å². The second-order valence-electron chi connectivity index (χ2n) is 37.2. The van der Waals surface area contributed by atoms with E-state index in [9.17, 15) is 9.59 Å². The molecule has 10 aliphatic rings. The third kappa shape index (κ3) is 4.03. The quantitative estimate of drug-likeness (QED) is 0.0378. The van der Waals surface area contributed by atoms with Crippen LogP contribution in [-0.4, -0.2) is 152 Å². The van der Waals surface area contributed by atoms with Gasteiger partial charge in [0.05, 0.1) is 115 Å². The summed E-state index contributed by atoms with van der Waals surface area (Å²) in [4.78, 5) is 24.9. The van der Waals surface area contributed by atoms with Crippen LogP contribution in [0.3, 0.4) is 0 Å². The van der Waals surface area contributed by atoms with Crippen molar-refractivity contribution in [2.75, 3.05) is 119 Å². The van der Waals surface area contributed by atoms with Crippen LogP contribution in [0.2, 0.25) is 0 Å². The maximum absolute atomic E-state index is 12.4. The molecule has 34 rings (SSSR count). The largest absolute Gasteiger partial charge is 1.00 e. The maximum atomic E-state index is 12.4. The lowest BCUT2D eigenvalue weighted by Gasteiger charge is -2.47. The third-order valence-electron chi connectivity index (χ3n) is 31.5. The lowest BCUT2D eigenvalue weighted by molar-refractivity contribution is -0.900. The van der Waals surface area contributed by atoms with E-state index in [4.69, 9.17) is 28.4 Å². The number of quaternary nitrogens is 2. The molecule has 2 fully saturated rings. The van der Waals surface area contributed by atoms with Gasteiger partial charge >= 0.3 is 12.2 Å². The average molecular weight is 1550 g/mol.